The Hall–Kier alpha value is -3.66. The number of fused-ring (bicyclic) bond motifs is 1. The van der Waals surface area contributed by atoms with E-state index < -0.39 is 21.7 Å². The number of hydrogen-bond donors (Lipinski definition) is 1. The molecule has 1 aliphatic heterocycles. The molecule has 0 aliphatic carbocycles. The van der Waals surface area contributed by atoms with Crippen LogP contribution in [0.4, 0.5) is 20.2 Å². The number of amides is 1. The van der Waals surface area contributed by atoms with E-state index in [0.717, 1.165) is 5.56 Å². The van der Waals surface area contributed by atoms with Crippen LogP contribution < -0.4 is 16.2 Å². The molecule has 1 fully saturated rings. The lowest BCUT2D eigenvalue weighted by molar-refractivity contribution is -0.130. The van der Waals surface area contributed by atoms with Crippen molar-refractivity contribution in [3.05, 3.63) is 91.4 Å². The predicted molar refractivity (Wildman–Crippen MR) is 179 cm³/mol. The van der Waals surface area contributed by atoms with E-state index in [4.69, 9.17) is 40.5 Å². The van der Waals surface area contributed by atoms with Crippen molar-refractivity contribution in [3.8, 4) is 16.8 Å². The fourth-order valence-corrected chi connectivity index (χ4v) is 6.95. The van der Waals surface area contributed by atoms with Crippen LogP contribution in [0.3, 0.4) is 0 Å². The summed E-state index contributed by atoms with van der Waals surface area (Å²) in [6, 6.07) is 6.12. The number of aryl methyl sites for hydroxylation is 1. The Morgan fingerprint density at radius 1 is 1.09 bits per heavy atom. The van der Waals surface area contributed by atoms with E-state index in [2.05, 4.69) is 11.6 Å². The van der Waals surface area contributed by atoms with Gasteiger partial charge in [-0.3, -0.25) is 19.1 Å². The van der Waals surface area contributed by atoms with E-state index in [9.17, 15) is 14.0 Å². The Labute approximate surface area is 274 Å². The lowest BCUT2D eigenvalue weighted by atomic mass is 9.98. The van der Waals surface area contributed by atoms with Crippen molar-refractivity contribution in [1.82, 2.24) is 14.5 Å². The Balaban J connectivity index is 1.87. The highest BCUT2D eigenvalue weighted by Gasteiger charge is 2.33. The SMILES string of the molecule is C=CC(=O)N1[C@H](C)CN(c2cc(=O)n(-c3c(C)ccnc3C(C)C)c3cc(-c4c(N)c(Cl)c(F)c(Cl)c4F)c(Cl)cc23)C[C@@H]1C. The van der Waals surface area contributed by atoms with Gasteiger partial charge in [-0.25, -0.2) is 8.78 Å². The third kappa shape index (κ3) is 5.45. The maximum absolute atomic E-state index is 15.6. The van der Waals surface area contributed by atoms with E-state index in [1.54, 1.807) is 35.4 Å². The number of nitrogens with zero attached hydrogens (tertiary/aromatic N) is 4. The van der Waals surface area contributed by atoms with E-state index >= 15 is 4.39 Å². The Morgan fingerprint density at radius 3 is 2.33 bits per heavy atom. The van der Waals surface area contributed by atoms with E-state index in [1.807, 2.05) is 39.5 Å². The van der Waals surface area contributed by atoms with Crippen molar-refractivity contribution in [2.24, 2.45) is 0 Å². The zero-order valence-electron chi connectivity index (χ0n) is 25.4. The van der Waals surface area contributed by atoms with Crippen LogP contribution >= 0.6 is 34.8 Å². The summed E-state index contributed by atoms with van der Waals surface area (Å²) in [5.41, 5.74) is 8.20. The summed E-state index contributed by atoms with van der Waals surface area (Å²) in [7, 11) is 0. The van der Waals surface area contributed by atoms with Crippen LogP contribution in [-0.2, 0) is 4.79 Å². The highest BCUT2D eigenvalue weighted by molar-refractivity contribution is 6.38. The molecule has 2 aromatic carbocycles. The van der Waals surface area contributed by atoms with Gasteiger partial charge >= 0.3 is 0 Å². The number of halogens is 5. The zero-order valence-corrected chi connectivity index (χ0v) is 27.7. The van der Waals surface area contributed by atoms with Crippen LogP contribution in [0.15, 0.2) is 47.9 Å². The van der Waals surface area contributed by atoms with Gasteiger partial charge in [0.2, 0.25) is 5.91 Å². The topological polar surface area (TPSA) is 84.5 Å². The third-order valence-corrected chi connectivity index (χ3v) is 9.28. The lowest BCUT2D eigenvalue weighted by Gasteiger charge is -2.45. The molecular weight excluding hydrogens is 643 g/mol. The number of aromatic nitrogens is 2. The van der Waals surface area contributed by atoms with E-state index in [0.29, 0.717) is 41.1 Å². The van der Waals surface area contributed by atoms with Crippen LogP contribution in [-0.4, -0.2) is 45.5 Å². The van der Waals surface area contributed by atoms with E-state index in [-0.39, 0.29) is 51.3 Å². The molecule has 2 N–H and O–H groups in total. The fourth-order valence-electron chi connectivity index (χ4n) is 6.27. The maximum Gasteiger partial charge on any atom is 0.257 e. The first-order valence-electron chi connectivity index (χ1n) is 14.4. The molecule has 1 aliphatic rings. The molecule has 2 aromatic heterocycles. The highest BCUT2D eigenvalue weighted by Crippen LogP contribution is 2.45. The molecule has 0 saturated carbocycles. The summed E-state index contributed by atoms with van der Waals surface area (Å²) in [5.74, 6) is -2.54. The summed E-state index contributed by atoms with van der Waals surface area (Å²) in [4.78, 5) is 35.2. The second-order valence-electron chi connectivity index (χ2n) is 11.7. The molecule has 2 atom stereocenters. The first-order valence-corrected chi connectivity index (χ1v) is 15.5. The summed E-state index contributed by atoms with van der Waals surface area (Å²) in [6.07, 6.45) is 2.98. The molecule has 0 spiro atoms. The molecule has 7 nitrogen and oxygen atoms in total. The minimum Gasteiger partial charge on any atom is -0.397 e. The van der Waals surface area contributed by atoms with Gasteiger partial charge in [0.15, 0.2) is 11.6 Å². The molecule has 1 amide bonds. The average molecular weight is 675 g/mol. The highest BCUT2D eigenvalue weighted by atomic mass is 35.5. The summed E-state index contributed by atoms with van der Waals surface area (Å²) < 4.78 is 31.6. The molecule has 0 unspecified atom stereocenters. The second-order valence-corrected chi connectivity index (χ2v) is 12.8. The minimum absolute atomic E-state index is 0.0479. The van der Waals surface area contributed by atoms with Gasteiger partial charge in [-0.15, -0.1) is 0 Å². The van der Waals surface area contributed by atoms with Crippen molar-refractivity contribution >= 4 is 63.0 Å². The minimum atomic E-state index is -1.18. The monoisotopic (exact) mass is 673 g/mol. The van der Waals surface area contributed by atoms with Gasteiger partial charge in [-0.1, -0.05) is 55.2 Å². The van der Waals surface area contributed by atoms with Crippen LogP contribution in [0.25, 0.3) is 27.7 Å². The summed E-state index contributed by atoms with van der Waals surface area (Å²) >= 11 is 18.9. The number of piperazine rings is 1. The quantitative estimate of drug-likeness (QED) is 0.101. The molecule has 5 rings (SSSR count). The van der Waals surface area contributed by atoms with Crippen molar-refractivity contribution in [1.29, 1.82) is 0 Å². The third-order valence-electron chi connectivity index (χ3n) is 8.27. The van der Waals surface area contributed by atoms with Crippen LogP contribution in [0.1, 0.15) is 44.9 Å². The lowest BCUT2D eigenvalue weighted by Crippen LogP contribution is -2.58. The van der Waals surface area contributed by atoms with Gasteiger partial charge in [0.05, 0.1) is 28.3 Å². The number of pyridine rings is 2. The number of nitrogens with two attached hydrogens (primary N) is 1. The van der Waals surface area contributed by atoms with Crippen molar-refractivity contribution in [2.45, 2.75) is 52.6 Å². The number of anilines is 2. The number of carbonyl (C=O) groups is 1. The zero-order chi connectivity index (χ0) is 33.1. The van der Waals surface area contributed by atoms with Crippen molar-refractivity contribution < 1.29 is 13.6 Å². The molecular formula is C33H32Cl3F2N5O2. The van der Waals surface area contributed by atoms with Gasteiger partial charge in [-0.05, 0) is 56.5 Å². The average Bonchev–Trinajstić information content (AvgIpc) is 2.99. The first-order chi connectivity index (χ1) is 21.2. The number of benzene rings is 2. The predicted octanol–water partition coefficient (Wildman–Crippen LogP) is 7.92. The summed E-state index contributed by atoms with van der Waals surface area (Å²) in [5, 5.41) is -0.709. The van der Waals surface area contributed by atoms with Gasteiger partial charge in [0, 0.05) is 59.0 Å². The van der Waals surface area contributed by atoms with E-state index in [1.165, 1.54) is 10.6 Å². The molecule has 45 heavy (non-hydrogen) atoms. The Morgan fingerprint density at radius 2 is 1.73 bits per heavy atom. The molecule has 0 radical (unpaired) electrons. The van der Waals surface area contributed by atoms with Gasteiger partial charge in [0.25, 0.3) is 5.56 Å². The number of hydrogen-bond acceptors (Lipinski definition) is 5. The molecule has 1 saturated heterocycles. The summed E-state index contributed by atoms with van der Waals surface area (Å²) in [6.45, 7) is 14.2. The standard InChI is InChI=1S/C33H32Cl3F2N5O2/c1-7-24(44)42-17(5)13-41(14-18(42)6)22-12-25(45)43(33-16(4)8-9-40-32(33)15(2)3)23-11-19(21(34)10-20(22)23)26-29(37)27(35)30(38)28(36)31(26)39/h7-12,15,17-18H,1,13-14,39H2,2-6H3/t17-,18+. The largest absolute Gasteiger partial charge is 0.397 e. The molecule has 236 valence electrons. The maximum atomic E-state index is 15.6. The van der Waals surface area contributed by atoms with Crippen LogP contribution in [0.5, 0.6) is 0 Å². The molecule has 12 heteroatoms. The number of rotatable bonds is 5. The van der Waals surface area contributed by atoms with Crippen LogP contribution in [0, 0.1) is 18.6 Å². The smallest absolute Gasteiger partial charge is 0.257 e. The van der Waals surface area contributed by atoms with Gasteiger partial charge in [0.1, 0.15) is 10.0 Å². The van der Waals surface area contributed by atoms with Gasteiger partial charge in [-0.2, -0.15) is 0 Å². The normalized spacial score (nSPS) is 17.0. The first kappa shape index (κ1) is 32.7. The number of nitrogen functional groups attached to an aromatic ring is 1. The molecule has 4 aromatic rings. The number of carbonyl (C=O) groups excluding carboxylic acids is 1. The molecule has 3 heterocycles. The Bertz CT molecular complexity index is 1900. The Kier molecular flexibility index (Phi) is 8.92. The van der Waals surface area contributed by atoms with Crippen molar-refractivity contribution in [2.75, 3.05) is 23.7 Å². The molecule has 0 bridgehead atoms. The second kappa shape index (κ2) is 12.3. The van der Waals surface area contributed by atoms with Gasteiger partial charge < -0.3 is 15.5 Å². The van der Waals surface area contributed by atoms with Crippen molar-refractivity contribution in [3.63, 3.8) is 0 Å². The fraction of sp³-hybridized carbons (Fsp3) is 0.303. The van der Waals surface area contributed by atoms with Crippen LogP contribution in [0.2, 0.25) is 15.1 Å².